The first kappa shape index (κ1) is 8.10. The Morgan fingerprint density at radius 2 is 1.92 bits per heavy atom. The second-order valence-electron chi connectivity index (χ2n) is 3.99. The first-order chi connectivity index (χ1) is 5.81. The summed E-state index contributed by atoms with van der Waals surface area (Å²) in [7, 11) is 0. The third-order valence-electron chi connectivity index (χ3n) is 3.19. The van der Waals surface area contributed by atoms with Crippen molar-refractivity contribution < 1.29 is 0 Å². The van der Waals surface area contributed by atoms with E-state index in [9.17, 15) is 0 Å². The minimum atomic E-state index is 0.427. The highest BCUT2D eigenvalue weighted by Gasteiger charge is 2.38. The molecule has 0 aromatic carbocycles. The molecule has 2 nitrogen and oxygen atoms in total. The van der Waals surface area contributed by atoms with E-state index in [-0.39, 0.29) is 0 Å². The van der Waals surface area contributed by atoms with Gasteiger partial charge < -0.3 is 5.73 Å². The average molecular weight is 164 g/mol. The number of nitrogens with two attached hydrogens (primary N) is 1. The zero-order valence-electron chi connectivity index (χ0n) is 7.37. The molecular formula is C10H16N2. The summed E-state index contributed by atoms with van der Waals surface area (Å²) < 4.78 is 0. The molecule has 2 atom stereocenters. The number of hydrogen-bond donors (Lipinski definition) is 1. The maximum Gasteiger partial charge on any atom is 0.0603 e. The van der Waals surface area contributed by atoms with E-state index < -0.39 is 0 Å². The summed E-state index contributed by atoms with van der Waals surface area (Å²) in [6, 6.07) is 1.81. The highest BCUT2D eigenvalue weighted by atomic mass is 15.2. The van der Waals surface area contributed by atoms with Gasteiger partial charge in [0, 0.05) is 18.1 Å². The van der Waals surface area contributed by atoms with Crippen LogP contribution in [0.1, 0.15) is 25.7 Å². The quantitative estimate of drug-likeness (QED) is 0.574. The van der Waals surface area contributed by atoms with Crippen molar-refractivity contribution in [2.45, 2.75) is 43.8 Å². The maximum atomic E-state index is 5.94. The summed E-state index contributed by atoms with van der Waals surface area (Å²) in [5.41, 5.74) is 5.94. The molecule has 2 aliphatic rings. The van der Waals surface area contributed by atoms with Gasteiger partial charge in [-0.2, -0.15) is 0 Å². The largest absolute Gasteiger partial charge is 0.328 e. The van der Waals surface area contributed by atoms with Gasteiger partial charge in [0.1, 0.15) is 0 Å². The van der Waals surface area contributed by atoms with Crippen LogP contribution in [0.3, 0.4) is 0 Å². The first-order valence-corrected chi connectivity index (χ1v) is 4.76. The van der Waals surface area contributed by atoms with Crippen molar-refractivity contribution >= 4 is 0 Å². The molecule has 2 bridgehead atoms. The second-order valence-corrected chi connectivity index (χ2v) is 3.99. The van der Waals surface area contributed by atoms with Gasteiger partial charge in [0.15, 0.2) is 0 Å². The minimum absolute atomic E-state index is 0.427. The van der Waals surface area contributed by atoms with Crippen molar-refractivity contribution in [3.05, 3.63) is 0 Å². The predicted molar refractivity (Wildman–Crippen MR) is 49.6 cm³/mol. The van der Waals surface area contributed by atoms with Crippen molar-refractivity contribution in [3.63, 3.8) is 0 Å². The molecule has 2 aliphatic heterocycles. The fourth-order valence-corrected chi connectivity index (χ4v) is 2.68. The number of hydrogen-bond acceptors (Lipinski definition) is 2. The number of rotatable bonds is 1. The van der Waals surface area contributed by atoms with Crippen LogP contribution in [0, 0.1) is 12.3 Å². The standard InChI is InChI=1S/C10H16N2/c1-2-5-12-9-3-4-10(12)7-8(11)6-9/h1,8-10H,3-7,11H2. The highest BCUT2D eigenvalue weighted by Crippen LogP contribution is 2.34. The predicted octanol–water partition coefficient (Wildman–Crippen LogP) is 0.574. The Morgan fingerprint density at radius 3 is 2.42 bits per heavy atom. The van der Waals surface area contributed by atoms with Crippen LogP contribution >= 0.6 is 0 Å². The summed E-state index contributed by atoms with van der Waals surface area (Å²) >= 11 is 0. The van der Waals surface area contributed by atoms with Crippen molar-refractivity contribution in [1.82, 2.24) is 4.90 Å². The van der Waals surface area contributed by atoms with Crippen molar-refractivity contribution in [1.29, 1.82) is 0 Å². The molecule has 12 heavy (non-hydrogen) atoms. The zero-order chi connectivity index (χ0) is 8.55. The molecule has 2 fully saturated rings. The Bertz CT molecular complexity index is 192. The third kappa shape index (κ3) is 1.24. The fraction of sp³-hybridized carbons (Fsp3) is 0.800. The van der Waals surface area contributed by atoms with E-state index in [0.29, 0.717) is 18.1 Å². The third-order valence-corrected chi connectivity index (χ3v) is 3.19. The van der Waals surface area contributed by atoms with Crippen LogP contribution in [0.4, 0.5) is 0 Å². The Morgan fingerprint density at radius 1 is 1.33 bits per heavy atom. The first-order valence-electron chi connectivity index (χ1n) is 4.76. The van der Waals surface area contributed by atoms with E-state index in [1.807, 2.05) is 0 Å². The molecule has 0 saturated carbocycles. The van der Waals surface area contributed by atoms with Gasteiger partial charge in [-0.05, 0) is 25.7 Å². The topological polar surface area (TPSA) is 29.3 Å². The number of fused-ring (bicyclic) bond motifs is 2. The second kappa shape index (κ2) is 3.08. The van der Waals surface area contributed by atoms with E-state index in [4.69, 9.17) is 12.2 Å². The number of nitrogens with zero attached hydrogens (tertiary/aromatic N) is 1. The van der Waals surface area contributed by atoms with Gasteiger partial charge in [-0.15, -0.1) is 6.42 Å². The molecule has 2 heterocycles. The Hall–Kier alpha value is -0.520. The van der Waals surface area contributed by atoms with E-state index in [0.717, 1.165) is 19.4 Å². The number of piperidine rings is 1. The summed E-state index contributed by atoms with van der Waals surface area (Å²) in [6.07, 6.45) is 10.2. The fourth-order valence-electron chi connectivity index (χ4n) is 2.68. The Labute approximate surface area is 74.1 Å². The molecule has 66 valence electrons. The van der Waals surface area contributed by atoms with Gasteiger partial charge in [-0.25, -0.2) is 0 Å². The molecule has 0 radical (unpaired) electrons. The lowest BCUT2D eigenvalue weighted by Crippen LogP contribution is -2.47. The van der Waals surface area contributed by atoms with Crippen LogP contribution in [-0.4, -0.2) is 29.6 Å². The molecule has 0 spiro atoms. The van der Waals surface area contributed by atoms with Gasteiger partial charge in [0.25, 0.3) is 0 Å². The van der Waals surface area contributed by atoms with E-state index in [1.165, 1.54) is 12.8 Å². The van der Waals surface area contributed by atoms with E-state index in [2.05, 4.69) is 10.8 Å². The normalized spacial score (nSPS) is 41.2. The van der Waals surface area contributed by atoms with Crippen LogP contribution in [0.2, 0.25) is 0 Å². The molecule has 2 unspecified atom stereocenters. The van der Waals surface area contributed by atoms with E-state index >= 15 is 0 Å². The molecule has 0 amide bonds. The lowest BCUT2D eigenvalue weighted by atomic mass is 9.98. The smallest absolute Gasteiger partial charge is 0.0603 e. The molecule has 0 aliphatic carbocycles. The van der Waals surface area contributed by atoms with Crippen LogP contribution < -0.4 is 5.73 Å². The van der Waals surface area contributed by atoms with Crippen molar-refractivity contribution in [2.75, 3.05) is 6.54 Å². The molecule has 2 N–H and O–H groups in total. The van der Waals surface area contributed by atoms with Gasteiger partial charge in [-0.3, -0.25) is 4.90 Å². The van der Waals surface area contributed by atoms with Crippen LogP contribution in [0.25, 0.3) is 0 Å². The molecule has 0 aromatic rings. The van der Waals surface area contributed by atoms with Crippen LogP contribution in [0.5, 0.6) is 0 Å². The number of terminal acetylenes is 1. The molecule has 2 rings (SSSR count). The monoisotopic (exact) mass is 164 g/mol. The van der Waals surface area contributed by atoms with Gasteiger partial charge >= 0.3 is 0 Å². The summed E-state index contributed by atoms with van der Waals surface area (Å²) in [5, 5.41) is 0. The molecular weight excluding hydrogens is 148 g/mol. The SMILES string of the molecule is C#CCN1C2CCC1CC(N)C2. The maximum absolute atomic E-state index is 5.94. The van der Waals surface area contributed by atoms with Crippen LogP contribution in [-0.2, 0) is 0 Å². The van der Waals surface area contributed by atoms with Crippen molar-refractivity contribution in [3.8, 4) is 12.3 Å². The lowest BCUT2D eigenvalue weighted by molar-refractivity contribution is 0.146. The van der Waals surface area contributed by atoms with Crippen molar-refractivity contribution in [2.24, 2.45) is 5.73 Å². The average Bonchev–Trinajstić information content (AvgIpc) is 2.32. The Balaban J connectivity index is 2.05. The zero-order valence-corrected chi connectivity index (χ0v) is 7.37. The molecule has 2 saturated heterocycles. The Kier molecular flexibility index (Phi) is 2.08. The minimum Gasteiger partial charge on any atom is -0.328 e. The van der Waals surface area contributed by atoms with E-state index in [1.54, 1.807) is 0 Å². The molecule has 0 aromatic heterocycles. The van der Waals surface area contributed by atoms with Crippen LogP contribution in [0.15, 0.2) is 0 Å². The highest BCUT2D eigenvalue weighted by molar-refractivity contribution is 5.01. The van der Waals surface area contributed by atoms with Gasteiger partial charge in [0.05, 0.1) is 6.54 Å². The molecule has 2 heteroatoms. The summed E-state index contributed by atoms with van der Waals surface area (Å²) in [5.74, 6) is 2.74. The van der Waals surface area contributed by atoms with Gasteiger partial charge in [0.2, 0.25) is 0 Å². The summed E-state index contributed by atoms with van der Waals surface area (Å²) in [4.78, 5) is 2.46. The summed E-state index contributed by atoms with van der Waals surface area (Å²) in [6.45, 7) is 0.821. The lowest BCUT2D eigenvalue weighted by Gasteiger charge is -2.36. The van der Waals surface area contributed by atoms with Gasteiger partial charge in [-0.1, -0.05) is 5.92 Å².